The molecule has 0 saturated carbocycles. The number of benzene rings is 3. The molecule has 3 aromatic heterocycles. The second-order valence-corrected chi connectivity index (χ2v) is 7.73. The lowest BCUT2D eigenvalue weighted by atomic mass is 10.2. The van der Waals surface area contributed by atoms with Gasteiger partial charge in [0, 0.05) is 45.3 Å². The zero-order valence-corrected chi connectivity index (χ0v) is 18.0. The molecule has 6 aromatic rings. The van der Waals surface area contributed by atoms with Crippen molar-refractivity contribution in [2.75, 3.05) is 10.9 Å². The van der Waals surface area contributed by atoms with Crippen LogP contribution in [0.4, 0.5) is 11.6 Å². The number of hydrogen-bond donors (Lipinski definition) is 4. The molecule has 3 aromatic carbocycles. The van der Waals surface area contributed by atoms with Crippen LogP contribution in [0.3, 0.4) is 0 Å². The molecule has 0 aliphatic carbocycles. The first kappa shape index (κ1) is 19.7. The second-order valence-electron chi connectivity index (χ2n) is 7.73. The van der Waals surface area contributed by atoms with Gasteiger partial charge in [-0.1, -0.05) is 48.5 Å². The summed E-state index contributed by atoms with van der Waals surface area (Å²) in [6.07, 6.45) is 7.36. The van der Waals surface area contributed by atoms with Gasteiger partial charge in [-0.05, 0) is 24.3 Å². The molecule has 8 heteroatoms. The fourth-order valence-corrected chi connectivity index (χ4v) is 3.88. The van der Waals surface area contributed by atoms with Crippen LogP contribution in [-0.2, 0) is 0 Å². The minimum absolute atomic E-state index is 0.478. The van der Waals surface area contributed by atoms with Crippen molar-refractivity contribution in [1.82, 2.24) is 19.9 Å². The van der Waals surface area contributed by atoms with Gasteiger partial charge in [0.1, 0.15) is 0 Å². The van der Waals surface area contributed by atoms with Crippen LogP contribution >= 0.6 is 0 Å². The lowest BCUT2D eigenvalue weighted by molar-refractivity contribution is 1.18. The zero-order valence-electron chi connectivity index (χ0n) is 18.0. The highest BCUT2D eigenvalue weighted by Crippen LogP contribution is 2.22. The predicted octanol–water partition coefficient (Wildman–Crippen LogP) is 5.48. The molecule has 0 amide bonds. The van der Waals surface area contributed by atoms with Gasteiger partial charge < -0.3 is 9.97 Å². The topological polar surface area (TPSA) is 106 Å². The Balaban J connectivity index is 1.29. The summed E-state index contributed by atoms with van der Waals surface area (Å²) in [7, 11) is 0. The van der Waals surface area contributed by atoms with E-state index in [2.05, 4.69) is 53.1 Å². The minimum atomic E-state index is 0.478. The van der Waals surface area contributed by atoms with Crippen molar-refractivity contribution in [3.63, 3.8) is 0 Å². The van der Waals surface area contributed by atoms with Crippen LogP contribution in [0.25, 0.3) is 32.8 Å². The number of hydrazone groups is 2. The van der Waals surface area contributed by atoms with Crippen LogP contribution in [0.5, 0.6) is 0 Å². The van der Waals surface area contributed by atoms with Crippen LogP contribution in [0.1, 0.15) is 11.1 Å². The van der Waals surface area contributed by atoms with Gasteiger partial charge in [0.2, 0.25) is 0 Å². The number of nitrogens with zero attached hydrogens (tertiary/aromatic N) is 4. The molecule has 0 fully saturated rings. The molecule has 0 saturated heterocycles. The molecule has 0 atom stereocenters. The van der Waals surface area contributed by atoms with E-state index >= 15 is 0 Å². The molecule has 3 heterocycles. The molecule has 0 bridgehead atoms. The minimum Gasteiger partial charge on any atom is -0.361 e. The number of hydrogen-bond acceptors (Lipinski definition) is 6. The Morgan fingerprint density at radius 2 is 1.03 bits per heavy atom. The van der Waals surface area contributed by atoms with Crippen molar-refractivity contribution in [1.29, 1.82) is 0 Å². The zero-order chi connectivity index (χ0) is 22.7. The standard InChI is InChI=1S/C26H20N8/c1-3-9-21-19(7-1)17(13-27-21)15-29-33-25-26(32-24-12-6-5-11-23(24)31-25)34-30-16-18-14-28-22-10-4-2-8-20(18)22/h1-16,27-28H,(H,31,33)(H,32,34)/b29-15+,30-16+. The van der Waals surface area contributed by atoms with Gasteiger partial charge >= 0.3 is 0 Å². The highest BCUT2D eigenvalue weighted by atomic mass is 15.4. The average molecular weight is 445 g/mol. The highest BCUT2D eigenvalue weighted by molar-refractivity contribution is 6.00. The quantitative estimate of drug-likeness (QED) is 0.201. The van der Waals surface area contributed by atoms with E-state index in [9.17, 15) is 0 Å². The Kier molecular flexibility index (Phi) is 4.93. The monoisotopic (exact) mass is 444 g/mol. The third-order valence-electron chi connectivity index (χ3n) is 5.56. The fraction of sp³-hybridized carbons (Fsp3) is 0. The number of fused-ring (bicyclic) bond motifs is 3. The summed E-state index contributed by atoms with van der Waals surface area (Å²) in [4.78, 5) is 15.9. The Morgan fingerprint density at radius 1 is 0.588 bits per heavy atom. The molecule has 0 radical (unpaired) electrons. The van der Waals surface area contributed by atoms with Crippen LogP contribution in [-0.4, -0.2) is 32.4 Å². The number of nitrogens with one attached hydrogen (secondary N) is 4. The molecule has 8 nitrogen and oxygen atoms in total. The SMILES string of the molecule is C(=N\Nc1nc2ccccc2nc1N/N=C/c1c[nH]c2ccccc12)/c1c[nH]c2ccccc12. The highest BCUT2D eigenvalue weighted by Gasteiger charge is 2.08. The van der Waals surface area contributed by atoms with Crippen molar-refractivity contribution >= 4 is 56.9 Å². The van der Waals surface area contributed by atoms with E-state index in [4.69, 9.17) is 0 Å². The fourth-order valence-electron chi connectivity index (χ4n) is 3.88. The van der Waals surface area contributed by atoms with Crippen LogP contribution in [0.2, 0.25) is 0 Å². The molecule has 0 spiro atoms. The third kappa shape index (κ3) is 3.73. The van der Waals surface area contributed by atoms with Crippen LogP contribution < -0.4 is 10.9 Å². The van der Waals surface area contributed by atoms with E-state index < -0.39 is 0 Å². The molecular formula is C26H20N8. The number of anilines is 2. The molecule has 4 N–H and O–H groups in total. The van der Waals surface area contributed by atoms with E-state index in [1.165, 1.54) is 0 Å². The van der Waals surface area contributed by atoms with Gasteiger partial charge in [0.25, 0.3) is 0 Å². The summed E-state index contributed by atoms with van der Waals surface area (Å²) in [6.45, 7) is 0. The summed E-state index contributed by atoms with van der Waals surface area (Å²) in [5, 5.41) is 11.0. The van der Waals surface area contributed by atoms with E-state index in [1.807, 2.05) is 73.1 Å². The van der Waals surface area contributed by atoms with Crippen molar-refractivity contribution < 1.29 is 0 Å². The molecule has 0 aliphatic rings. The van der Waals surface area contributed by atoms with Crippen molar-refractivity contribution in [3.8, 4) is 0 Å². The van der Waals surface area contributed by atoms with Crippen LogP contribution in [0.15, 0.2) is 95.4 Å². The number of rotatable bonds is 6. The first-order valence-corrected chi connectivity index (χ1v) is 10.8. The van der Waals surface area contributed by atoms with E-state index in [-0.39, 0.29) is 0 Å². The van der Waals surface area contributed by atoms with Gasteiger partial charge in [0.15, 0.2) is 11.6 Å². The molecule has 164 valence electrons. The Hall–Kier alpha value is -4.98. The smallest absolute Gasteiger partial charge is 0.192 e. The van der Waals surface area contributed by atoms with Gasteiger partial charge in [-0.15, -0.1) is 0 Å². The number of aromatic nitrogens is 4. The predicted molar refractivity (Wildman–Crippen MR) is 139 cm³/mol. The second kappa shape index (κ2) is 8.51. The Bertz CT molecular complexity index is 1550. The maximum Gasteiger partial charge on any atom is 0.192 e. The van der Waals surface area contributed by atoms with Gasteiger partial charge in [-0.2, -0.15) is 10.2 Å². The van der Waals surface area contributed by atoms with E-state index in [0.29, 0.717) is 11.6 Å². The van der Waals surface area contributed by atoms with Crippen molar-refractivity contribution in [2.45, 2.75) is 0 Å². The lowest BCUT2D eigenvalue weighted by Gasteiger charge is -2.08. The maximum absolute atomic E-state index is 4.68. The van der Waals surface area contributed by atoms with Crippen molar-refractivity contribution in [3.05, 3.63) is 96.3 Å². The number of para-hydroxylation sites is 4. The van der Waals surface area contributed by atoms with Gasteiger partial charge in [-0.25, -0.2) is 9.97 Å². The molecule has 0 unspecified atom stereocenters. The summed E-state index contributed by atoms with van der Waals surface area (Å²) in [5.41, 5.74) is 11.6. The first-order chi connectivity index (χ1) is 16.8. The maximum atomic E-state index is 4.68. The largest absolute Gasteiger partial charge is 0.361 e. The number of aromatic amines is 2. The summed E-state index contributed by atoms with van der Waals surface area (Å²) in [6, 6.07) is 23.8. The molecular weight excluding hydrogens is 424 g/mol. The third-order valence-corrected chi connectivity index (χ3v) is 5.56. The number of H-pyrrole nitrogens is 2. The Morgan fingerprint density at radius 3 is 1.53 bits per heavy atom. The van der Waals surface area contributed by atoms with E-state index in [1.54, 1.807) is 12.4 Å². The molecule has 6 rings (SSSR count). The summed E-state index contributed by atoms with van der Waals surface area (Å²) < 4.78 is 0. The first-order valence-electron chi connectivity index (χ1n) is 10.8. The van der Waals surface area contributed by atoms with Crippen molar-refractivity contribution in [2.24, 2.45) is 10.2 Å². The van der Waals surface area contributed by atoms with E-state index in [0.717, 1.165) is 44.0 Å². The van der Waals surface area contributed by atoms with Crippen LogP contribution in [0, 0.1) is 0 Å². The normalized spacial score (nSPS) is 11.9. The van der Waals surface area contributed by atoms with Gasteiger partial charge in [0.05, 0.1) is 23.5 Å². The average Bonchev–Trinajstić information content (AvgIpc) is 3.49. The lowest BCUT2D eigenvalue weighted by Crippen LogP contribution is -2.03. The molecule has 0 aliphatic heterocycles. The summed E-state index contributed by atoms with van der Waals surface area (Å²) in [5.74, 6) is 0.955. The summed E-state index contributed by atoms with van der Waals surface area (Å²) >= 11 is 0. The van der Waals surface area contributed by atoms with Gasteiger partial charge in [-0.3, -0.25) is 10.9 Å². The molecule has 34 heavy (non-hydrogen) atoms. The Labute approximate surface area is 194 Å².